The second-order valence-corrected chi connectivity index (χ2v) is 4.66. The van der Waals surface area contributed by atoms with Crippen LogP contribution in [0.1, 0.15) is 28.9 Å². The molecular weight excluding hydrogens is 210 g/mol. The molecule has 1 N–H and O–H groups in total. The molecule has 0 aromatic carbocycles. The van der Waals surface area contributed by atoms with Crippen molar-refractivity contribution in [2.75, 3.05) is 0 Å². The van der Waals surface area contributed by atoms with Crippen molar-refractivity contribution in [2.45, 2.75) is 19.3 Å². The first-order chi connectivity index (χ1) is 7.27. The number of aromatic amines is 1. The summed E-state index contributed by atoms with van der Waals surface area (Å²) >= 11 is 1.39. The normalized spacial score (nSPS) is 15.6. The molecule has 0 spiro atoms. The van der Waals surface area contributed by atoms with Crippen LogP contribution in [0.5, 0.6) is 0 Å². The number of hydrogen-bond donors (Lipinski definition) is 1. The fourth-order valence-corrected chi connectivity index (χ4v) is 2.95. The number of hydrogen-bond acceptors (Lipinski definition) is 3. The van der Waals surface area contributed by atoms with E-state index in [2.05, 4.69) is 4.98 Å². The van der Waals surface area contributed by atoms with Gasteiger partial charge < -0.3 is 4.98 Å². The van der Waals surface area contributed by atoms with Crippen LogP contribution in [0.15, 0.2) is 16.2 Å². The lowest BCUT2D eigenvalue weighted by molar-refractivity contribution is 0.0973. The molecule has 0 saturated carbocycles. The molecule has 2 aromatic rings. The monoisotopic (exact) mass is 219 g/mol. The van der Waals surface area contributed by atoms with Crippen LogP contribution in [0.25, 0.3) is 10.1 Å². The average molecular weight is 219 g/mol. The van der Waals surface area contributed by atoms with Crippen LogP contribution in [0.2, 0.25) is 0 Å². The highest BCUT2D eigenvalue weighted by atomic mass is 32.1. The molecule has 76 valence electrons. The zero-order valence-electron chi connectivity index (χ0n) is 8.00. The molecule has 0 fully saturated rings. The van der Waals surface area contributed by atoms with Crippen molar-refractivity contribution < 1.29 is 4.79 Å². The third-order valence-electron chi connectivity index (χ3n) is 2.82. The summed E-state index contributed by atoms with van der Waals surface area (Å²) in [5.41, 5.74) is 1.51. The van der Waals surface area contributed by atoms with Crippen LogP contribution in [0.4, 0.5) is 0 Å². The van der Waals surface area contributed by atoms with Gasteiger partial charge in [-0.15, -0.1) is 11.3 Å². The Hall–Kier alpha value is -1.42. The minimum atomic E-state index is -0.0616. The number of carbonyl (C=O) groups is 1. The van der Waals surface area contributed by atoms with E-state index in [-0.39, 0.29) is 11.3 Å². The molecule has 0 bridgehead atoms. The Morgan fingerprint density at radius 1 is 1.27 bits per heavy atom. The van der Waals surface area contributed by atoms with E-state index in [1.807, 2.05) is 11.4 Å². The van der Waals surface area contributed by atoms with Crippen molar-refractivity contribution in [3.05, 3.63) is 33.1 Å². The SMILES string of the molecule is O=C1CCCc2[nH]c(=O)c3sccc3c21. The van der Waals surface area contributed by atoms with Crippen molar-refractivity contribution in [2.24, 2.45) is 0 Å². The maximum Gasteiger partial charge on any atom is 0.266 e. The lowest BCUT2D eigenvalue weighted by Crippen LogP contribution is -2.18. The summed E-state index contributed by atoms with van der Waals surface area (Å²) in [6.45, 7) is 0. The Balaban J connectivity index is 2.49. The van der Waals surface area contributed by atoms with Crippen LogP contribution < -0.4 is 5.56 Å². The molecule has 2 aromatic heterocycles. The Morgan fingerprint density at radius 2 is 2.13 bits per heavy atom. The van der Waals surface area contributed by atoms with Gasteiger partial charge >= 0.3 is 0 Å². The molecule has 3 rings (SSSR count). The molecule has 3 nitrogen and oxygen atoms in total. The first-order valence-corrected chi connectivity index (χ1v) is 5.81. The maximum atomic E-state index is 11.8. The van der Waals surface area contributed by atoms with Gasteiger partial charge in [0, 0.05) is 23.1 Å². The van der Waals surface area contributed by atoms with Crippen LogP contribution in [0.3, 0.4) is 0 Å². The van der Waals surface area contributed by atoms with E-state index in [1.165, 1.54) is 11.3 Å². The van der Waals surface area contributed by atoms with E-state index in [0.717, 1.165) is 29.5 Å². The van der Waals surface area contributed by atoms with Gasteiger partial charge in [-0.2, -0.15) is 0 Å². The van der Waals surface area contributed by atoms with E-state index in [9.17, 15) is 9.59 Å². The number of nitrogens with one attached hydrogen (secondary N) is 1. The predicted octanol–water partition coefficient (Wildman–Crippen LogP) is 2.11. The lowest BCUT2D eigenvalue weighted by atomic mass is 9.93. The van der Waals surface area contributed by atoms with Crippen molar-refractivity contribution in [1.29, 1.82) is 0 Å². The fraction of sp³-hybridized carbons (Fsp3) is 0.273. The van der Waals surface area contributed by atoms with Crippen molar-refractivity contribution in [1.82, 2.24) is 4.98 Å². The van der Waals surface area contributed by atoms with E-state index in [4.69, 9.17) is 0 Å². The highest BCUT2D eigenvalue weighted by Crippen LogP contribution is 2.27. The smallest absolute Gasteiger partial charge is 0.266 e. The van der Waals surface area contributed by atoms with Gasteiger partial charge in [-0.1, -0.05) is 0 Å². The van der Waals surface area contributed by atoms with Gasteiger partial charge in [-0.05, 0) is 24.3 Å². The van der Waals surface area contributed by atoms with Gasteiger partial charge in [-0.25, -0.2) is 0 Å². The molecule has 2 heterocycles. The third-order valence-corrected chi connectivity index (χ3v) is 3.73. The molecule has 0 saturated heterocycles. The molecule has 0 radical (unpaired) electrons. The van der Waals surface area contributed by atoms with Gasteiger partial charge in [0.15, 0.2) is 5.78 Å². The first kappa shape index (κ1) is 8.85. The van der Waals surface area contributed by atoms with Crippen molar-refractivity contribution in [3.8, 4) is 0 Å². The van der Waals surface area contributed by atoms with E-state index in [1.54, 1.807) is 0 Å². The molecule has 0 aliphatic heterocycles. The lowest BCUT2D eigenvalue weighted by Gasteiger charge is -2.14. The zero-order chi connectivity index (χ0) is 10.4. The molecule has 15 heavy (non-hydrogen) atoms. The summed E-state index contributed by atoms with van der Waals surface area (Å²) < 4.78 is 0.670. The zero-order valence-corrected chi connectivity index (χ0v) is 8.82. The number of aryl methyl sites for hydroxylation is 1. The number of rotatable bonds is 0. The van der Waals surface area contributed by atoms with Gasteiger partial charge in [0.05, 0.1) is 0 Å². The predicted molar refractivity (Wildman–Crippen MR) is 59.7 cm³/mol. The summed E-state index contributed by atoms with van der Waals surface area (Å²) in [6, 6.07) is 1.87. The average Bonchev–Trinajstić information content (AvgIpc) is 2.66. The number of aromatic nitrogens is 1. The number of pyridine rings is 1. The molecule has 0 unspecified atom stereocenters. The number of fused-ring (bicyclic) bond motifs is 3. The van der Waals surface area contributed by atoms with Gasteiger partial charge in [0.1, 0.15) is 4.70 Å². The van der Waals surface area contributed by atoms with Gasteiger partial charge in [0.2, 0.25) is 0 Å². The molecule has 1 aliphatic carbocycles. The number of H-pyrrole nitrogens is 1. The van der Waals surface area contributed by atoms with Gasteiger partial charge in [-0.3, -0.25) is 9.59 Å². The Morgan fingerprint density at radius 3 is 3.00 bits per heavy atom. The molecule has 4 heteroatoms. The van der Waals surface area contributed by atoms with Crippen molar-refractivity contribution >= 4 is 27.2 Å². The highest BCUT2D eigenvalue weighted by Gasteiger charge is 2.21. The summed E-state index contributed by atoms with van der Waals surface area (Å²) in [4.78, 5) is 26.3. The minimum absolute atomic E-state index is 0.0616. The number of ketones is 1. The minimum Gasteiger partial charge on any atom is -0.324 e. The summed E-state index contributed by atoms with van der Waals surface area (Å²) in [6.07, 6.45) is 2.25. The maximum absolute atomic E-state index is 11.8. The first-order valence-electron chi connectivity index (χ1n) is 4.93. The molecular formula is C11H9NO2S. The molecule has 1 aliphatic rings. The van der Waals surface area contributed by atoms with Crippen LogP contribution in [-0.2, 0) is 6.42 Å². The molecule has 0 amide bonds. The number of Topliss-reactive ketones (excluding diaryl/α,β-unsaturated/α-hetero) is 1. The Bertz CT molecular complexity index is 609. The third kappa shape index (κ3) is 1.18. The Kier molecular flexibility index (Phi) is 1.79. The summed E-state index contributed by atoms with van der Waals surface area (Å²) in [7, 11) is 0. The van der Waals surface area contributed by atoms with Crippen LogP contribution in [-0.4, -0.2) is 10.8 Å². The Labute approximate surface area is 89.8 Å². The van der Waals surface area contributed by atoms with E-state index >= 15 is 0 Å². The topological polar surface area (TPSA) is 49.9 Å². The molecule has 0 atom stereocenters. The second-order valence-electron chi connectivity index (χ2n) is 3.75. The van der Waals surface area contributed by atoms with Crippen LogP contribution >= 0.6 is 11.3 Å². The number of thiophene rings is 1. The standard InChI is InChI=1S/C11H9NO2S/c13-8-3-1-2-7-9(8)6-4-5-15-10(6)11(14)12-7/h4-5H,1-3H2,(H,12,14). The summed E-state index contributed by atoms with van der Waals surface area (Å²) in [5, 5.41) is 2.70. The second kappa shape index (κ2) is 3.03. The van der Waals surface area contributed by atoms with E-state index < -0.39 is 0 Å². The highest BCUT2D eigenvalue weighted by molar-refractivity contribution is 7.17. The van der Waals surface area contributed by atoms with E-state index in [0.29, 0.717) is 11.1 Å². The summed E-state index contributed by atoms with van der Waals surface area (Å²) in [5.74, 6) is 0.163. The van der Waals surface area contributed by atoms with Crippen molar-refractivity contribution in [3.63, 3.8) is 0 Å². The number of carbonyl (C=O) groups excluding carboxylic acids is 1. The van der Waals surface area contributed by atoms with Crippen LogP contribution in [0, 0.1) is 0 Å². The quantitative estimate of drug-likeness (QED) is 0.737. The fourth-order valence-electron chi connectivity index (χ4n) is 2.16. The van der Waals surface area contributed by atoms with Gasteiger partial charge in [0.25, 0.3) is 5.56 Å². The largest absolute Gasteiger partial charge is 0.324 e.